The molecule has 1 aliphatic rings. The summed E-state index contributed by atoms with van der Waals surface area (Å²) in [6.07, 6.45) is 4.27. The molecule has 2 N–H and O–H groups in total. The molecular formula is C12H23NO3. The number of unbranched alkanes of at least 4 members (excludes halogenated alkanes) is 1. The van der Waals surface area contributed by atoms with E-state index in [1.807, 2.05) is 0 Å². The van der Waals surface area contributed by atoms with Gasteiger partial charge in [-0.05, 0) is 38.8 Å². The second-order valence-electron chi connectivity index (χ2n) is 4.55. The predicted molar refractivity (Wildman–Crippen MR) is 62.5 cm³/mol. The summed E-state index contributed by atoms with van der Waals surface area (Å²) in [5.74, 6) is -0.659. The van der Waals surface area contributed by atoms with Gasteiger partial charge in [0.1, 0.15) is 0 Å². The van der Waals surface area contributed by atoms with Crippen LogP contribution in [-0.2, 0) is 9.53 Å². The van der Waals surface area contributed by atoms with Crippen molar-refractivity contribution >= 4 is 5.97 Å². The van der Waals surface area contributed by atoms with Crippen LogP contribution in [0.2, 0.25) is 0 Å². The molecule has 1 fully saturated rings. The van der Waals surface area contributed by atoms with Gasteiger partial charge >= 0.3 is 5.97 Å². The van der Waals surface area contributed by atoms with Gasteiger partial charge in [0.25, 0.3) is 0 Å². The highest BCUT2D eigenvalue weighted by atomic mass is 16.5. The average Bonchev–Trinajstić information content (AvgIpc) is 2.30. The van der Waals surface area contributed by atoms with Crippen LogP contribution < -0.4 is 5.32 Å². The molecule has 0 bridgehead atoms. The quantitative estimate of drug-likeness (QED) is 0.652. The molecule has 0 saturated carbocycles. The van der Waals surface area contributed by atoms with E-state index >= 15 is 0 Å². The molecule has 0 aromatic rings. The first-order chi connectivity index (χ1) is 7.71. The van der Waals surface area contributed by atoms with Crippen molar-refractivity contribution in [2.24, 2.45) is 5.41 Å². The highest BCUT2D eigenvalue weighted by Gasteiger charge is 2.39. The van der Waals surface area contributed by atoms with Crippen molar-refractivity contribution in [2.45, 2.75) is 39.0 Å². The maximum atomic E-state index is 11.3. The molecule has 0 amide bonds. The number of piperidine rings is 1. The number of aliphatic carboxylic acids is 1. The zero-order chi connectivity index (χ0) is 11.9. The zero-order valence-corrected chi connectivity index (χ0v) is 10.1. The van der Waals surface area contributed by atoms with Crippen LogP contribution in [0.1, 0.15) is 39.0 Å². The SMILES string of the molecule is CCCCOCCC1(C(=O)O)CCNCC1. The molecule has 1 saturated heterocycles. The first-order valence-corrected chi connectivity index (χ1v) is 6.23. The van der Waals surface area contributed by atoms with Crippen molar-refractivity contribution in [1.82, 2.24) is 5.32 Å². The lowest BCUT2D eigenvalue weighted by atomic mass is 9.76. The molecule has 1 aliphatic heterocycles. The Bertz CT molecular complexity index is 212. The van der Waals surface area contributed by atoms with Crippen molar-refractivity contribution in [2.75, 3.05) is 26.3 Å². The van der Waals surface area contributed by atoms with Gasteiger partial charge in [0.05, 0.1) is 5.41 Å². The van der Waals surface area contributed by atoms with E-state index in [9.17, 15) is 9.90 Å². The molecule has 4 nitrogen and oxygen atoms in total. The topological polar surface area (TPSA) is 58.6 Å². The van der Waals surface area contributed by atoms with Gasteiger partial charge in [-0.25, -0.2) is 0 Å². The van der Waals surface area contributed by atoms with E-state index in [-0.39, 0.29) is 0 Å². The minimum absolute atomic E-state index is 0.544. The first kappa shape index (κ1) is 13.5. The minimum Gasteiger partial charge on any atom is -0.481 e. The number of carbonyl (C=O) groups is 1. The fourth-order valence-corrected chi connectivity index (χ4v) is 2.09. The van der Waals surface area contributed by atoms with Crippen LogP contribution in [-0.4, -0.2) is 37.4 Å². The van der Waals surface area contributed by atoms with E-state index in [2.05, 4.69) is 12.2 Å². The molecular weight excluding hydrogens is 206 g/mol. The summed E-state index contributed by atoms with van der Waals surface area (Å²) in [6.45, 7) is 5.06. The van der Waals surface area contributed by atoms with Crippen molar-refractivity contribution in [3.63, 3.8) is 0 Å². The summed E-state index contributed by atoms with van der Waals surface area (Å²) in [5, 5.41) is 12.5. The van der Waals surface area contributed by atoms with Crippen LogP contribution in [0.15, 0.2) is 0 Å². The Hall–Kier alpha value is -0.610. The molecule has 0 aromatic heterocycles. The van der Waals surface area contributed by atoms with Gasteiger partial charge in [-0.2, -0.15) is 0 Å². The van der Waals surface area contributed by atoms with Crippen LogP contribution in [0, 0.1) is 5.41 Å². The van der Waals surface area contributed by atoms with E-state index in [1.165, 1.54) is 0 Å². The third-order valence-electron chi connectivity index (χ3n) is 3.38. The van der Waals surface area contributed by atoms with Gasteiger partial charge in [-0.3, -0.25) is 4.79 Å². The number of carboxylic acid groups (broad SMARTS) is 1. The monoisotopic (exact) mass is 229 g/mol. The molecule has 4 heteroatoms. The number of carboxylic acids is 1. The Morgan fingerprint density at radius 3 is 2.62 bits per heavy atom. The molecule has 0 spiro atoms. The molecule has 0 radical (unpaired) electrons. The average molecular weight is 229 g/mol. The second-order valence-corrected chi connectivity index (χ2v) is 4.55. The normalized spacial score (nSPS) is 19.6. The maximum Gasteiger partial charge on any atom is 0.309 e. The smallest absolute Gasteiger partial charge is 0.309 e. The largest absolute Gasteiger partial charge is 0.481 e. The lowest BCUT2D eigenvalue weighted by Gasteiger charge is -2.33. The highest BCUT2D eigenvalue weighted by Crippen LogP contribution is 2.32. The molecule has 0 atom stereocenters. The summed E-state index contributed by atoms with van der Waals surface area (Å²) in [6, 6.07) is 0. The summed E-state index contributed by atoms with van der Waals surface area (Å²) < 4.78 is 5.47. The fourth-order valence-electron chi connectivity index (χ4n) is 2.09. The van der Waals surface area contributed by atoms with Gasteiger partial charge < -0.3 is 15.2 Å². The third kappa shape index (κ3) is 3.76. The summed E-state index contributed by atoms with van der Waals surface area (Å²) >= 11 is 0. The number of rotatable bonds is 7. The van der Waals surface area contributed by atoms with Gasteiger partial charge in [0, 0.05) is 13.2 Å². The molecule has 0 aromatic carbocycles. The van der Waals surface area contributed by atoms with E-state index in [4.69, 9.17) is 4.74 Å². The van der Waals surface area contributed by atoms with Crippen LogP contribution in [0.3, 0.4) is 0 Å². The van der Waals surface area contributed by atoms with Gasteiger partial charge in [0.15, 0.2) is 0 Å². The Morgan fingerprint density at radius 1 is 1.38 bits per heavy atom. The lowest BCUT2D eigenvalue weighted by molar-refractivity contribution is -0.152. The van der Waals surface area contributed by atoms with Gasteiger partial charge in [-0.1, -0.05) is 13.3 Å². The van der Waals surface area contributed by atoms with E-state index in [0.29, 0.717) is 13.0 Å². The van der Waals surface area contributed by atoms with Crippen LogP contribution in [0.4, 0.5) is 0 Å². The van der Waals surface area contributed by atoms with E-state index < -0.39 is 11.4 Å². The second kappa shape index (κ2) is 6.86. The van der Waals surface area contributed by atoms with Crippen molar-refractivity contribution in [3.05, 3.63) is 0 Å². The Kier molecular flexibility index (Phi) is 5.77. The molecule has 1 heterocycles. The molecule has 1 rings (SSSR count). The standard InChI is InChI=1S/C12H23NO3/c1-2-3-9-16-10-6-12(11(14)15)4-7-13-8-5-12/h13H,2-10H2,1H3,(H,14,15). The Balaban J connectivity index is 2.30. The first-order valence-electron chi connectivity index (χ1n) is 6.23. The Morgan fingerprint density at radius 2 is 2.06 bits per heavy atom. The zero-order valence-electron chi connectivity index (χ0n) is 10.1. The molecule has 94 valence electrons. The van der Waals surface area contributed by atoms with Crippen molar-refractivity contribution < 1.29 is 14.6 Å². The molecule has 0 aliphatic carbocycles. The van der Waals surface area contributed by atoms with Crippen molar-refractivity contribution in [3.8, 4) is 0 Å². The summed E-state index contributed by atoms with van der Waals surface area (Å²) in [4.78, 5) is 11.3. The van der Waals surface area contributed by atoms with Gasteiger partial charge in [-0.15, -0.1) is 0 Å². The number of hydrogen-bond donors (Lipinski definition) is 2. The number of hydrogen-bond acceptors (Lipinski definition) is 3. The van der Waals surface area contributed by atoms with E-state index in [0.717, 1.165) is 45.4 Å². The minimum atomic E-state index is -0.659. The lowest BCUT2D eigenvalue weighted by Crippen LogP contribution is -2.42. The third-order valence-corrected chi connectivity index (χ3v) is 3.38. The van der Waals surface area contributed by atoms with Crippen LogP contribution in [0.5, 0.6) is 0 Å². The van der Waals surface area contributed by atoms with E-state index in [1.54, 1.807) is 0 Å². The predicted octanol–water partition coefficient (Wildman–Crippen LogP) is 1.65. The van der Waals surface area contributed by atoms with Crippen molar-refractivity contribution in [1.29, 1.82) is 0 Å². The maximum absolute atomic E-state index is 11.3. The number of ether oxygens (including phenoxy) is 1. The van der Waals surface area contributed by atoms with Gasteiger partial charge in [0.2, 0.25) is 0 Å². The Labute approximate surface area is 97.4 Å². The van der Waals surface area contributed by atoms with Crippen LogP contribution in [0.25, 0.3) is 0 Å². The fraction of sp³-hybridized carbons (Fsp3) is 0.917. The summed E-state index contributed by atoms with van der Waals surface area (Å²) in [7, 11) is 0. The highest BCUT2D eigenvalue weighted by molar-refractivity contribution is 5.74. The summed E-state index contributed by atoms with van der Waals surface area (Å²) in [5.41, 5.74) is -0.544. The number of nitrogens with one attached hydrogen (secondary N) is 1. The molecule has 0 unspecified atom stereocenters. The molecule has 16 heavy (non-hydrogen) atoms. The van der Waals surface area contributed by atoms with Crippen LogP contribution >= 0.6 is 0 Å².